The molecule has 0 atom stereocenters. The standard InChI is InChI=1S/C10H8ClNO4S/c1-3-4-8-5-7(2)10(17(11,15)16)6-9(8)12(13)14/h5-6H,1-2H3. The van der Waals surface area contributed by atoms with Crippen molar-refractivity contribution in [2.45, 2.75) is 18.7 Å². The van der Waals surface area contributed by atoms with Gasteiger partial charge in [-0.15, -0.1) is 5.92 Å². The lowest BCUT2D eigenvalue weighted by atomic mass is 10.1. The van der Waals surface area contributed by atoms with Gasteiger partial charge in [0.2, 0.25) is 0 Å². The largest absolute Gasteiger partial charge is 0.286 e. The highest BCUT2D eigenvalue weighted by molar-refractivity contribution is 8.13. The minimum atomic E-state index is -4.00. The van der Waals surface area contributed by atoms with Gasteiger partial charge in [0.1, 0.15) is 5.56 Å². The Bertz CT molecular complexity index is 640. The first-order valence-electron chi connectivity index (χ1n) is 4.44. The molecule has 0 aromatic heterocycles. The van der Waals surface area contributed by atoms with Crippen LogP contribution in [0.5, 0.6) is 0 Å². The zero-order valence-corrected chi connectivity index (χ0v) is 10.6. The molecule has 0 saturated heterocycles. The summed E-state index contributed by atoms with van der Waals surface area (Å²) in [5.41, 5.74) is 0.117. The smallest absolute Gasteiger partial charge is 0.258 e. The lowest BCUT2D eigenvalue weighted by Crippen LogP contribution is -2.00. The summed E-state index contributed by atoms with van der Waals surface area (Å²) in [6.45, 7) is 3.03. The average Bonchev–Trinajstić information content (AvgIpc) is 2.15. The van der Waals surface area contributed by atoms with Gasteiger partial charge in [0.25, 0.3) is 14.7 Å². The van der Waals surface area contributed by atoms with Gasteiger partial charge in [-0.3, -0.25) is 10.1 Å². The number of aryl methyl sites for hydroxylation is 1. The fourth-order valence-electron chi connectivity index (χ4n) is 1.33. The molecule has 0 aliphatic rings. The van der Waals surface area contributed by atoms with Crippen LogP contribution in [0.1, 0.15) is 18.1 Å². The van der Waals surface area contributed by atoms with E-state index in [-0.39, 0.29) is 16.1 Å². The third-order valence-electron chi connectivity index (χ3n) is 2.01. The number of hydrogen-bond donors (Lipinski definition) is 0. The second-order valence-electron chi connectivity index (χ2n) is 3.20. The molecule has 0 unspecified atom stereocenters. The zero-order chi connectivity index (χ0) is 13.2. The van der Waals surface area contributed by atoms with E-state index in [0.717, 1.165) is 6.07 Å². The second kappa shape index (κ2) is 4.73. The molecule has 0 heterocycles. The Morgan fingerprint density at radius 1 is 1.41 bits per heavy atom. The molecular weight excluding hydrogens is 266 g/mol. The van der Waals surface area contributed by atoms with Crippen LogP contribution >= 0.6 is 10.7 Å². The molecule has 0 aliphatic carbocycles. The highest BCUT2D eigenvalue weighted by Gasteiger charge is 2.21. The Hall–Kier alpha value is -1.58. The summed E-state index contributed by atoms with van der Waals surface area (Å²) >= 11 is 0. The zero-order valence-electron chi connectivity index (χ0n) is 9.02. The maximum Gasteiger partial charge on any atom is 0.286 e. The molecule has 0 fully saturated rings. The Labute approximate surface area is 103 Å². The highest BCUT2D eigenvalue weighted by atomic mass is 35.7. The maximum absolute atomic E-state index is 11.2. The first kappa shape index (κ1) is 13.5. The molecule has 0 bridgehead atoms. The van der Waals surface area contributed by atoms with E-state index >= 15 is 0 Å². The molecule has 0 spiro atoms. The maximum atomic E-state index is 11.2. The van der Waals surface area contributed by atoms with Gasteiger partial charge in [-0.25, -0.2) is 8.42 Å². The van der Waals surface area contributed by atoms with Gasteiger partial charge in [-0.2, -0.15) is 0 Å². The number of benzene rings is 1. The molecular formula is C10H8ClNO4S. The molecule has 0 amide bonds. The summed E-state index contributed by atoms with van der Waals surface area (Å²) in [6, 6.07) is 2.27. The van der Waals surface area contributed by atoms with Crippen LogP contribution in [0.2, 0.25) is 0 Å². The fraction of sp³-hybridized carbons (Fsp3) is 0.200. The molecule has 1 aromatic carbocycles. The normalized spacial score (nSPS) is 10.5. The number of hydrogen-bond acceptors (Lipinski definition) is 4. The molecule has 0 aliphatic heterocycles. The average molecular weight is 274 g/mol. The number of nitro groups is 1. The van der Waals surface area contributed by atoms with Crippen molar-refractivity contribution in [3.05, 3.63) is 33.4 Å². The molecule has 7 heteroatoms. The summed E-state index contributed by atoms with van der Waals surface area (Å²) in [5.74, 6) is 5.08. The Morgan fingerprint density at radius 3 is 2.41 bits per heavy atom. The van der Waals surface area contributed by atoms with E-state index in [4.69, 9.17) is 10.7 Å². The molecule has 0 N–H and O–H groups in total. The van der Waals surface area contributed by atoms with Crippen LogP contribution in [-0.4, -0.2) is 13.3 Å². The minimum Gasteiger partial charge on any atom is -0.258 e. The quantitative estimate of drug-likeness (QED) is 0.358. The summed E-state index contributed by atoms with van der Waals surface area (Å²) in [5, 5.41) is 10.8. The van der Waals surface area contributed by atoms with Crippen molar-refractivity contribution in [3.63, 3.8) is 0 Å². The Balaban J connectivity index is 3.66. The van der Waals surface area contributed by atoms with Crippen molar-refractivity contribution in [1.82, 2.24) is 0 Å². The number of nitro benzene ring substituents is 1. The van der Waals surface area contributed by atoms with Crippen LogP contribution in [0.3, 0.4) is 0 Å². The summed E-state index contributed by atoms with van der Waals surface area (Å²) in [4.78, 5) is 9.83. The van der Waals surface area contributed by atoms with E-state index in [1.807, 2.05) is 0 Å². The number of rotatable bonds is 2. The highest BCUT2D eigenvalue weighted by Crippen LogP contribution is 2.27. The van der Waals surface area contributed by atoms with E-state index in [1.165, 1.54) is 19.9 Å². The third kappa shape index (κ3) is 2.96. The predicted molar refractivity (Wildman–Crippen MR) is 63.4 cm³/mol. The van der Waals surface area contributed by atoms with Crippen molar-refractivity contribution in [3.8, 4) is 11.8 Å². The lowest BCUT2D eigenvalue weighted by Gasteiger charge is -2.03. The van der Waals surface area contributed by atoms with Crippen molar-refractivity contribution in [2.75, 3.05) is 0 Å². The molecule has 1 rings (SSSR count). The molecule has 0 radical (unpaired) electrons. The van der Waals surface area contributed by atoms with Gasteiger partial charge < -0.3 is 0 Å². The van der Waals surface area contributed by atoms with Crippen LogP contribution < -0.4 is 0 Å². The first-order chi connectivity index (χ1) is 7.77. The predicted octanol–water partition coefficient (Wildman–Crippen LogP) is 2.20. The summed E-state index contributed by atoms with van der Waals surface area (Å²) in [7, 11) is 1.18. The van der Waals surface area contributed by atoms with Crippen LogP contribution in [0, 0.1) is 28.9 Å². The molecule has 5 nitrogen and oxygen atoms in total. The van der Waals surface area contributed by atoms with Crippen LogP contribution in [0.25, 0.3) is 0 Å². The number of nitrogens with zero attached hydrogens (tertiary/aromatic N) is 1. The first-order valence-corrected chi connectivity index (χ1v) is 6.74. The monoisotopic (exact) mass is 273 g/mol. The topological polar surface area (TPSA) is 77.3 Å². The molecule has 0 saturated carbocycles. The SMILES string of the molecule is CC#Cc1cc(C)c(S(=O)(=O)Cl)cc1[N+](=O)[O-]. The summed E-state index contributed by atoms with van der Waals surface area (Å²) in [6.07, 6.45) is 0. The van der Waals surface area contributed by atoms with E-state index in [2.05, 4.69) is 11.8 Å². The molecule has 90 valence electrons. The van der Waals surface area contributed by atoms with Crippen molar-refractivity contribution in [2.24, 2.45) is 0 Å². The Kier molecular flexibility index (Phi) is 3.76. The van der Waals surface area contributed by atoms with Crippen LogP contribution in [0.15, 0.2) is 17.0 Å². The van der Waals surface area contributed by atoms with Gasteiger partial charge in [0, 0.05) is 16.7 Å². The minimum absolute atomic E-state index is 0.166. The summed E-state index contributed by atoms with van der Waals surface area (Å²) < 4.78 is 22.4. The Morgan fingerprint density at radius 2 is 2.00 bits per heavy atom. The van der Waals surface area contributed by atoms with Crippen molar-refractivity contribution >= 4 is 25.4 Å². The number of halogens is 1. The van der Waals surface area contributed by atoms with Gasteiger partial charge in [-0.1, -0.05) is 5.92 Å². The van der Waals surface area contributed by atoms with Gasteiger partial charge in [0.05, 0.1) is 9.82 Å². The van der Waals surface area contributed by atoms with E-state index in [0.29, 0.717) is 5.56 Å². The lowest BCUT2D eigenvalue weighted by molar-refractivity contribution is -0.385. The van der Waals surface area contributed by atoms with Crippen LogP contribution in [-0.2, 0) is 9.05 Å². The fourth-order valence-corrected chi connectivity index (χ4v) is 2.52. The van der Waals surface area contributed by atoms with E-state index < -0.39 is 14.0 Å². The van der Waals surface area contributed by atoms with Crippen LogP contribution in [0.4, 0.5) is 5.69 Å². The van der Waals surface area contributed by atoms with Gasteiger partial charge >= 0.3 is 0 Å². The molecule has 17 heavy (non-hydrogen) atoms. The second-order valence-corrected chi connectivity index (χ2v) is 5.74. The van der Waals surface area contributed by atoms with Gasteiger partial charge in [-0.05, 0) is 25.5 Å². The van der Waals surface area contributed by atoms with E-state index in [9.17, 15) is 18.5 Å². The van der Waals surface area contributed by atoms with Crippen molar-refractivity contribution in [1.29, 1.82) is 0 Å². The third-order valence-corrected chi connectivity index (χ3v) is 3.48. The molecule has 1 aromatic rings. The van der Waals surface area contributed by atoms with Gasteiger partial charge in [0.15, 0.2) is 0 Å². The van der Waals surface area contributed by atoms with E-state index in [1.54, 1.807) is 0 Å². The van der Waals surface area contributed by atoms with Crippen molar-refractivity contribution < 1.29 is 13.3 Å².